The summed E-state index contributed by atoms with van der Waals surface area (Å²) in [6.45, 7) is 1.88. The van der Waals surface area contributed by atoms with E-state index >= 15 is 0 Å². The quantitative estimate of drug-likeness (QED) is 0.0765. The SMILES string of the molecule is CNS(=O)(=O)c1ccc(CCc2ccccc2C(F)(F)F)c(-c2cn(C)cn2)c1.CNS(=O)(=O)c1ccc(CCc2ccccc2C(F)(F)F)c(Br)c1.CNS(=O)(=O)c1ccc(F)c(Br)c1.Cc1cn(C)cn1.NCc1ccccc1C(F)(F)F. The Balaban J connectivity index is 0.000000246. The Hall–Kier alpha value is -6.31. The topological polar surface area (TPSA) is 200 Å². The molecule has 0 aliphatic heterocycles. The highest BCUT2D eigenvalue weighted by Crippen LogP contribution is 2.36. The predicted molar refractivity (Wildman–Crippen MR) is 311 cm³/mol. The molecule has 5 N–H and O–H groups in total. The number of aromatic nitrogens is 4. The monoisotopic (exact) mass is 1380 g/mol. The number of imidazole rings is 2. The van der Waals surface area contributed by atoms with Crippen LogP contribution < -0.4 is 19.9 Å². The van der Waals surface area contributed by atoms with Crippen molar-refractivity contribution in [3.63, 3.8) is 0 Å². The van der Waals surface area contributed by atoms with Gasteiger partial charge in [-0.05, 0) is 158 Å². The molecule has 0 aliphatic carbocycles. The molecule has 0 fully saturated rings. The van der Waals surface area contributed by atoms with Crippen LogP contribution in [0.4, 0.5) is 43.9 Å². The van der Waals surface area contributed by atoms with Crippen LogP contribution in [0.2, 0.25) is 0 Å². The third kappa shape index (κ3) is 21.3. The largest absolute Gasteiger partial charge is 0.416 e. The van der Waals surface area contributed by atoms with Crippen molar-refractivity contribution in [2.45, 2.75) is 72.4 Å². The van der Waals surface area contributed by atoms with E-state index in [-0.39, 0.29) is 55.2 Å². The lowest BCUT2D eigenvalue weighted by Crippen LogP contribution is -2.18. The van der Waals surface area contributed by atoms with Crippen LogP contribution in [0, 0.1) is 12.7 Å². The number of sulfonamides is 3. The second-order valence-corrected chi connectivity index (χ2v) is 25.4. The average Bonchev–Trinajstić information content (AvgIpc) is 3.59. The highest BCUT2D eigenvalue weighted by molar-refractivity contribution is 9.10. The zero-order chi connectivity index (χ0) is 63.7. The first-order valence-electron chi connectivity index (χ1n) is 24.8. The second-order valence-electron chi connectivity index (χ2n) is 18.0. The summed E-state index contributed by atoms with van der Waals surface area (Å²) in [6, 6.07) is 28.8. The van der Waals surface area contributed by atoms with E-state index in [0.29, 0.717) is 28.6 Å². The molecule has 460 valence electrons. The normalized spacial score (nSPS) is 11.9. The zero-order valence-corrected chi connectivity index (χ0v) is 51.7. The van der Waals surface area contributed by atoms with E-state index in [1.54, 1.807) is 54.7 Å². The van der Waals surface area contributed by atoms with Crippen LogP contribution in [0.5, 0.6) is 0 Å². The zero-order valence-electron chi connectivity index (χ0n) is 46.0. The van der Waals surface area contributed by atoms with Crippen molar-refractivity contribution in [2.75, 3.05) is 21.1 Å². The van der Waals surface area contributed by atoms with Gasteiger partial charge in [0.05, 0.1) is 59.9 Å². The Morgan fingerprint density at radius 1 is 0.482 bits per heavy atom. The van der Waals surface area contributed by atoms with E-state index in [2.05, 4.69) is 56.0 Å². The molecule has 2 aromatic heterocycles. The highest BCUT2D eigenvalue weighted by atomic mass is 79.9. The number of benzene rings is 6. The van der Waals surface area contributed by atoms with Crippen LogP contribution in [0.1, 0.15) is 50.2 Å². The van der Waals surface area contributed by atoms with Gasteiger partial charge in [0.15, 0.2) is 0 Å². The summed E-state index contributed by atoms with van der Waals surface area (Å²) in [6.07, 6.45) is -5.02. The molecule has 6 aromatic carbocycles. The minimum atomic E-state index is -4.43. The maximum absolute atomic E-state index is 13.3. The van der Waals surface area contributed by atoms with E-state index in [1.165, 1.54) is 100 Å². The number of nitrogens with one attached hydrogen (secondary N) is 3. The number of halogens is 12. The van der Waals surface area contributed by atoms with E-state index in [0.717, 1.165) is 41.1 Å². The van der Waals surface area contributed by atoms with Gasteiger partial charge in [-0.1, -0.05) is 82.7 Å². The van der Waals surface area contributed by atoms with Crippen LogP contribution in [0.25, 0.3) is 11.3 Å². The number of rotatable bonds is 14. The first-order valence-corrected chi connectivity index (χ1v) is 30.9. The van der Waals surface area contributed by atoms with Crippen molar-refractivity contribution >= 4 is 61.9 Å². The summed E-state index contributed by atoms with van der Waals surface area (Å²) in [5.74, 6) is -0.491. The minimum absolute atomic E-state index is 0.0308. The van der Waals surface area contributed by atoms with Crippen LogP contribution in [0.3, 0.4) is 0 Å². The Morgan fingerprint density at radius 2 is 0.847 bits per heavy atom. The maximum Gasteiger partial charge on any atom is 0.416 e. The smallest absolute Gasteiger partial charge is 0.340 e. The number of nitrogens with two attached hydrogens (primary N) is 1. The number of aryl methyl sites for hydroxylation is 7. The number of nitrogens with zero attached hydrogens (tertiary/aromatic N) is 4. The summed E-state index contributed by atoms with van der Waals surface area (Å²) in [5, 5.41) is 0. The summed E-state index contributed by atoms with van der Waals surface area (Å²) in [5.41, 5.74) is 7.39. The van der Waals surface area contributed by atoms with Crippen molar-refractivity contribution in [2.24, 2.45) is 19.8 Å². The maximum atomic E-state index is 13.3. The molecule has 0 amide bonds. The third-order valence-electron chi connectivity index (χ3n) is 12.1. The van der Waals surface area contributed by atoms with Gasteiger partial charge in [0.25, 0.3) is 0 Å². The number of hydrogen-bond acceptors (Lipinski definition) is 9. The van der Waals surface area contributed by atoms with E-state index < -0.39 is 71.1 Å². The molecule has 0 unspecified atom stereocenters. The van der Waals surface area contributed by atoms with Crippen molar-refractivity contribution in [3.05, 3.63) is 217 Å². The van der Waals surface area contributed by atoms with E-state index in [4.69, 9.17) is 5.73 Å². The standard InChI is InChI=1S/C20H20F3N3O2S.C16H15BrF3NO2S.C8H8F3N.C7H7BrFNO2S.C5H8N2/c1-24-29(27,28)16-10-9-14(17(11-16)19-12-26(2)13-25-19)7-8-15-5-3-4-6-18(15)20(21,22)23;1-21-24(22,23)13-9-8-12(15(17)10-13)7-6-11-4-2-3-5-14(11)16(18,19)20;9-8(10,11)7-4-2-1-3-6(7)5-12;1-10-13(11,12)5-2-3-7(9)6(8)4-5;1-5-3-7(2)4-6-5/h3-6,9-13,24H,7-8H2,1-2H3;2-5,8-10,21H,6-7H2,1H3;1-4H,5,12H2;2-4,10H,1H3;3-4H,1-2H3. The second kappa shape index (κ2) is 30.9. The van der Waals surface area contributed by atoms with Crippen molar-refractivity contribution in [1.82, 2.24) is 33.3 Å². The molecular weight excluding hydrogens is 1330 g/mol. The van der Waals surface area contributed by atoms with Gasteiger partial charge in [-0.25, -0.2) is 53.8 Å². The molecule has 0 atom stereocenters. The lowest BCUT2D eigenvalue weighted by Gasteiger charge is -2.14. The Morgan fingerprint density at radius 3 is 1.20 bits per heavy atom. The number of alkyl halides is 9. The van der Waals surface area contributed by atoms with Gasteiger partial charge >= 0.3 is 18.5 Å². The molecule has 0 bridgehead atoms. The van der Waals surface area contributed by atoms with Gasteiger partial charge in [0, 0.05) is 43.1 Å². The van der Waals surface area contributed by atoms with Gasteiger partial charge in [-0.3, -0.25) is 0 Å². The average molecular weight is 1390 g/mol. The Labute approximate surface area is 503 Å². The van der Waals surface area contributed by atoms with Gasteiger partial charge in [0.1, 0.15) is 5.82 Å². The first kappa shape index (κ1) is 71.2. The molecule has 85 heavy (non-hydrogen) atoms. The Kier molecular flexibility index (Phi) is 25.8. The molecule has 8 aromatic rings. The minimum Gasteiger partial charge on any atom is -0.340 e. The van der Waals surface area contributed by atoms with Crippen LogP contribution >= 0.6 is 31.9 Å². The fraction of sp³-hybridized carbons (Fsp3) is 0.250. The molecule has 0 saturated carbocycles. The molecule has 0 saturated heterocycles. The molecule has 0 aliphatic rings. The molecule has 0 radical (unpaired) electrons. The summed E-state index contributed by atoms with van der Waals surface area (Å²) >= 11 is 6.19. The van der Waals surface area contributed by atoms with Gasteiger partial charge in [0.2, 0.25) is 30.1 Å². The predicted octanol–water partition coefficient (Wildman–Crippen LogP) is 12.3. The van der Waals surface area contributed by atoms with Crippen LogP contribution in [-0.4, -0.2) is 65.5 Å². The lowest BCUT2D eigenvalue weighted by atomic mass is 9.96. The third-order valence-corrected chi connectivity index (χ3v) is 17.6. The van der Waals surface area contributed by atoms with Crippen molar-refractivity contribution < 1.29 is 69.2 Å². The number of hydrogen-bond donors (Lipinski definition) is 4. The van der Waals surface area contributed by atoms with Crippen LogP contribution in [-0.2, 0) is 94.9 Å². The van der Waals surface area contributed by atoms with Crippen molar-refractivity contribution in [3.8, 4) is 11.3 Å². The highest BCUT2D eigenvalue weighted by Gasteiger charge is 2.34. The Bertz CT molecular complexity index is 3850. The first-order chi connectivity index (χ1) is 39.6. The van der Waals surface area contributed by atoms with Crippen LogP contribution in [0.15, 0.2) is 176 Å². The fourth-order valence-electron chi connectivity index (χ4n) is 7.71. The van der Waals surface area contributed by atoms with Gasteiger partial charge in [-0.15, -0.1) is 0 Å². The molecule has 2 heterocycles. The molecule has 8 rings (SSSR count). The van der Waals surface area contributed by atoms with Gasteiger partial charge < -0.3 is 14.9 Å². The molecule has 14 nitrogen and oxygen atoms in total. The molecule has 29 heteroatoms. The van der Waals surface area contributed by atoms with Gasteiger partial charge in [-0.2, -0.15) is 39.5 Å². The summed E-state index contributed by atoms with van der Waals surface area (Å²) < 4.78 is 209. The van der Waals surface area contributed by atoms with E-state index in [9.17, 15) is 69.2 Å². The summed E-state index contributed by atoms with van der Waals surface area (Å²) in [7, 11) is -3.04. The lowest BCUT2D eigenvalue weighted by molar-refractivity contribution is -0.139. The fourth-order valence-corrected chi connectivity index (χ4v) is 11.2. The summed E-state index contributed by atoms with van der Waals surface area (Å²) in [4.78, 5) is 8.45. The van der Waals surface area contributed by atoms with Crippen molar-refractivity contribution in [1.29, 1.82) is 0 Å². The molecular formula is C56H58Br2F10N8O6S3. The van der Waals surface area contributed by atoms with E-state index in [1.807, 2.05) is 24.7 Å². The molecule has 0 spiro atoms.